The number of amides is 2. The first-order valence-corrected chi connectivity index (χ1v) is 13.7. The molecule has 1 saturated heterocycles. The van der Waals surface area contributed by atoms with Crippen LogP contribution in [0.15, 0.2) is 85.1 Å². The molecule has 2 aromatic heterocycles. The van der Waals surface area contributed by atoms with E-state index >= 15 is 0 Å². The van der Waals surface area contributed by atoms with Gasteiger partial charge < -0.3 is 20.3 Å². The van der Waals surface area contributed by atoms with Gasteiger partial charge in [-0.1, -0.05) is 24.3 Å². The average molecular weight is 583 g/mol. The Morgan fingerprint density at radius 3 is 2.40 bits per heavy atom. The second-order valence-electron chi connectivity index (χ2n) is 10.3. The Morgan fingerprint density at radius 2 is 1.70 bits per heavy atom. The summed E-state index contributed by atoms with van der Waals surface area (Å²) < 4.78 is 33.5. The number of nitrogens with one attached hydrogen (secondary N) is 2. The van der Waals surface area contributed by atoms with Crippen molar-refractivity contribution in [2.24, 2.45) is 0 Å². The van der Waals surface area contributed by atoms with E-state index in [-0.39, 0.29) is 30.7 Å². The molecule has 0 saturated carbocycles. The number of halogens is 2. The Bertz CT molecular complexity index is 1800. The molecule has 0 bridgehead atoms. The number of ether oxygens (including phenoxy) is 1. The highest BCUT2D eigenvalue weighted by Crippen LogP contribution is 2.30. The van der Waals surface area contributed by atoms with Crippen molar-refractivity contribution in [3.8, 4) is 16.9 Å². The minimum absolute atomic E-state index is 0.104. The van der Waals surface area contributed by atoms with Crippen LogP contribution in [0.5, 0.6) is 5.75 Å². The van der Waals surface area contributed by atoms with E-state index in [9.17, 15) is 18.4 Å². The molecule has 3 heterocycles. The number of pyridine rings is 1. The van der Waals surface area contributed by atoms with Crippen molar-refractivity contribution in [3.05, 3.63) is 102 Å². The number of nitrogens with zero attached hydrogens (tertiary/aromatic N) is 4. The Labute approximate surface area is 246 Å². The third-order valence-electron chi connectivity index (χ3n) is 7.40. The lowest BCUT2D eigenvalue weighted by Gasteiger charge is -2.34. The molecular weight excluding hydrogens is 554 g/mol. The second kappa shape index (κ2) is 11.5. The fraction of sp³-hybridized carbons (Fsp3) is 0.188. The van der Waals surface area contributed by atoms with Gasteiger partial charge in [0.15, 0.2) is 5.65 Å². The van der Waals surface area contributed by atoms with E-state index < -0.39 is 12.1 Å². The minimum atomic E-state index is -0.968. The number of benzene rings is 3. The lowest BCUT2D eigenvalue weighted by molar-refractivity contribution is -0.117. The Hall–Kier alpha value is -5.32. The molecule has 0 aliphatic carbocycles. The predicted molar refractivity (Wildman–Crippen MR) is 159 cm³/mol. The van der Waals surface area contributed by atoms with E-state index in [1.165, 1.54) is 24.1 Å². The lowest BCUT2D eigenvalue weighted by atomic mass is 10.00. The molecule has 1 aliphatic rings. The largest absolute Gasteiger partial charge is 0.495 e. The number of fused-ring (bicyclic) bond motifs is 1. The second-order valence-corrected chi connectivity index (χ2v) is 10.3. The normalized spacial score (nSPS) is 13.8. The number of anilines is 3. The molecule has 1 fully saturated rings. The van der Waals surface area contributed by atoms with Gasteiger partial charge >= 0.3 is 0 Å². The number of rotatable bonds is 8. The quantitative estimate of drug-likeness (QED) is 0.239. The van der Waals surface area contributed by atoms with Crippen molar-refractivity contribution in [2.75, 3.05) is 30.8 Å². The maximum absolute atomic E-state index is 13.2. The summed E-state index contributed by atoms with van der Waals surface area (Å²) in [5.74, 6) is -0.438. The standard InChI is InChI=1S/C32H28F2N6O3/c1-19(20-3-9-24(33)10-4-20)30(41)35-26-11-5-21(6-12-26)23-8-14-29-37-32(38-40(29)16-23)36-27-13-7-22(15-28(27)43-2)31(42)39-17-25(34)18-39/h3-16,19,25H,17-18H2,1-2H3,(H,35,41)(H,36,38). The van der Waals surface area contributed by atoms with E-state index in [4.69, 9.17) is 4.74 Å². The highest BCUT2D eigenvalue weighted by molar-refractivity contribution is 5.96. The molecule has 2 N–H and O–H groups in total. The summed E-state index contributed by atoms with van der Waals surface area (Å²) in [6.07, 6.45) is 0.881. The van der Waals surface area contributed by atoms with E-state index in [0.717, 1.165) is 16.7 Å². The van der Waals surface area contributed by atoms with Gasteiger partial charge in [-0.3, -0.25) is 9.59 Å². The SMILES string of the molecule is COc1cc(C(=O)N2CC(F)C2)ccc1Nc1nc2ccc(-c3ccc(NC(=O)C(C)c4ccc(F)cc4)cc3)cn2n1. The number of likely N-dealkylation sites (tertiary alicyclic amines) is 1. The topological polar surface area (TPSA) is 101 Å². The van der Waals surface area contributed by atoms with E-state index in [0.29, 0.717) is 34.3 Å². The van der Waals surface area contributed by atoms with Crippen LogP contribution in [0.3, 0.4) is 0 Å². The van der Waals surface area contributed by atoms with Gasteiger partial charge in [-0.2, -0.15) is 4.98 Å². The van der Waals surface area contributed by atoms with E-state index in [1.807, 2.05) is 42.6 Å². The van der Waals surface area contributed by atoms with Crippen molar-refractivity contribution in [3.63, 3.8) is 0 Å². The average Bonchev–Trinajstić information content (AvgIpc) is 3.41. The van der Waals surface area contributed by atoms with Gasteiger partial charge in [0.2, 0.25) is 11.9 Å². The van der Waals surface area contributed by atoms with Gasteiger partial charge in [0.05, 0.1) is 31.8 Å². The zero-order valence-corrected chi connectivity index (χ0v) is 23.4. The summed E-state index contributed by atoms with van der Waals surface area (Å²) in [4.78, 5) is 31.2. The fourth-order valence-corrected chi connectivity index (χ4v) is 4.83. The van der Waals surface area contributed by atoms with Crippen LogP contribution in [0.4, 0.5) is 26.1 Å². The van der Waals surface area contributed by atoms with Gasteiger partial charge in [0, 0.05) is 23.0 Å². The molecule has 3 aromatic carbocycles. The molecule has 6 rings (SSSR count). The predicted octanol–water partition coefficient (Wildman–Crippen LogP) is 5.82. The van der Waals surface area contributed by atoms with Crippen LogP contribution in [0.25, 0.3) is 16.8 Å². The first kappa shape index (κ1) is 27.8. The van der Waals surface area contributed by atoms with Crippen molar-refractivity contribution in [2.45, 2.75) is 19.0 Å². The van der Waals surface area contributed by atoms with Crippen molar-refractivity contribution >= 4 is 34.8 Å². The van der Waals surface area contributed by atoms with Gasteiger partial charge in [0.1, 0.15) is 17.7 Å². The summed E-state index contributed by atoms with van der Waals surface area (Å²) in [7, 11) is 1.50. The first-order chi connectivity index (χ1) is 20.8. The molecule has 9 nitrogen and oxygen atoms in total. The minimum Gasteiger partial charge on any atom is -0.495 e. The van der Waals surface area contributed by atoms with E-state index in [1.54, 1.807) is 41.8 Å². The Balaban J connectivity index is 1.14. The molecule has 1 atom stereocenters. The number of alkyl halides is 1. The summed E-state index contributed by atoms with van der Waals surface area (Å²) in [5, 5.41) is 10.6. The maximum atomic E-state index is 13.2. The third-order valence-corrected chi connectivity index (χ3v) is 7.40. The smallest absolute Gasteiger partial charge is 0.254 e. The van der Waals surface area contributed by atoms with Crippen LogP contribution in [0.1, 0.15) is 28.8 Å². The number of hydrogen-bond acceptors (Lipinski definition) is 6. The molecule has 43 heavy (non-hydrogen) atoms. The van der Waals surface area contributed by atoms with Crippen LogP contribution < -0.4 is 15.4 Å². The fourth-order valence-electron chi connectivity index (χ4n) is 4.83. The molecule has 1 unspecified atom stereocenters. The number of carbonyl (C=O) groups excluding carboxylic acids is 2. The Kier molecular flexibility index (Phi) is 7.45. The molecule has 1 aliphatic heterocycles. The van der Waals surface area contributed by atoms with Crippen molar-refractivity contribution < 1.29 is 23.1 Å². The highest BCUT2D eigenvalue weighted by atomic mass is 19.1. The molecule has 2 amide bonds. The highest BCUT2D eigenvalue weighted by Gasteiger charge is 2.31. The molecule has 5 aromatic rings. The summed E-state index contributed by atoms with van der Waals surface area (Å²) in [6.45, 7) is 1.98. The van der Waals surface area contributed by atoms with Crippen LogP contribution in [-0.4, -0.2) is 57.7 Å². The van der Waals surface area contributed by atoms with Gasteiger partial charge in [-0.25, -0.2) is 13.3 Å². The van der Waals surface area contributed by atoms with Crippen LogP contribution in [0, 0.1) is 5.82 Å². The maximum Gasteiger partial charge on any atom is 0.254 e. The molecule has 0 radical (unpaired) electrons. The number of aromatic nitrogens is 3. The number of carbonyl (C=O) groups is 2. The summed E-state index contributed by atoms with van der Waals surface area (Å²) in [6, 6.07) is 22.1. The van der Waals surface area contributed by atoms with Crippen LogP contribution >= 0.6 is 0 Å². The summed E-state index contributed by atoms with van der Waals surface area (Å²) >= 11 is 0. The monoisotopic (exact) mass is 582 g/mol. The molecule has 11 heteroatoms. The summed E-state index contributed by atoms with van der Waals surface area (Å²) in [5.41, 5.74) is 4.80. The van der Waals surface area contributed by atoms with Crippen LogP contribution in [0.2, 0.25) is 0 Å². The van der Waals surface area contributed by atoms with Gasteiger partial charge in [-0.15, -0.1) is 5.10 Å². The number of hydrogen-bond donors (Lipinski definition) is 2. The van der Waals surface area contributed by atoms with E-state index in [2.05, 4.69) is 20.7 Å². The third kappa shape index (κ3) is 5.87. The van der Waals surface area contributed by atoms with Gasteiger partial charge in [0.25, 0.3) is 5.91 Å². The molecule has 0 spiro atoms. The Morgan fingerprint density at radius 1 is 0.977 bits per heavy atom. The van der Waals surface area contributed by atoms with Crippen molar-refractivity contribution in [1.29, 1.82) is 0 Å². The molecular formula is C32H28F2N6O3. The van der Waals surface area contributed by atoms with Gasteiger partial charge in [-0.05, 0) is 72.6 Å². The van der Waals surface area contributed by atoms with Crippen molar-refractivity contribution in [1.82, 2.24) is 19.5 Å². The first-order valence-electron chi connectivity index (χ1n) is 13.7. The van der Waals surface area contributed by atoms with Crippen LogP contribution in [-0.2, 0) is 4.79 Å². The lowest BCUT2D eigenvalue weighted by Crippen LogP contribution is -2.51. The zero-order chi connectivity index (χ0) is 30.1. The molecule has 218 valence electrons. The number of methoxy groups -OCH3 is 1. The zero-order valence-electron chi connectivity index (χ0n) is 23.4.